The number of hydrogen-bond acceptors (Lipinski definition) is 3. The van der Waals surface area contributed by atoms with Gasteiger partial charge in [-0.15, -0.1) is 10.2 Å². The molecular weight excluding hydrogens is 200 g/mol. The van der Waals surface area contributed by atoms with Crippen molar-refractivity contribution in [1.29, 1.82) is 0 Å². The summed E-state index contributed by atoms with van der Waals surface area (Å²) >= 11 is 0. The van der Waals surface area contributed by atoms with Crippen LogP contribution in [0.4, 0.5) is 0 Å². The Hall–Kier alpha value is -1.42. The summed E-state index contributed by atoms with van der Waals surface area (Å²) in [5.41, 5.74) is 8.21. The summed E-state index contributed by atoms with van der Waals surface area (Å²) in [7, 11) is 0. The Kier molecular flexibility index (Phi) is 2.46. The first kappa shape index (κ1) is 11.1. The highest BCUT2D eigenvalue weighted by atomic mass is 15.3. The minimum Gasteiger partial charge on any atom is -0.321 e. The molecule has 0 aliphatic heterocycles. The van der Waals surface area contributed by atoms with E-state index in [1.165, 1.54) is 5.56 Å². The third-order valence-corrected chi connectivity index (χ3v) is 2.80. The van der Waals surface area contributed by atoms with E-state index in [-0.39, 0.29) is 11.5 Å². The second-order valence-corrected chi connectivity index (χ2v) is 5.33. The molecule has 0 saturated carbocycles. The summed E-state index contributed by atoms with van der Waals surface area (Å²) in [6.45, 7) is 8.35. The van der Waals surface area contributed by atoms with Gasteiger partial charge in [0.1, 0.15) is 0 Å². The summed E-state index contributed by atoms with van der Waals surface area (Å²) < 4.78 is 1.96. The molecule has 4 heteroatoms. The van der Waals surface area contributed by atoms with E-state index in [9.17, 15) is 0 Å². The lowest BCUT2D eigenvalue weighted by atomic mass is 9.87. The Bertz CT molecular complexity index is 507. The molecule has 0 aliphatic rings. The first-order chi connectivity index (χ1) is 7.39. The second kappa shape index (κ2) is 3.56. The average molecular weight is 218 g/mol. The van der Waals surface area contributed by atoms with Crippen LogP contribution in [-0.4, -0.2) is 14.6 Å². The lowest BCUT2D eigenvalue weighted by Crippen LogP contribution is -2.28. The Balaban J connectivity index is 2.54. The van der Waals surface area contributed by atoms with E-state index in [0.717, 1.165) is 11.5 Å². The molecule has 0 fully saturated rings. The van der Waals surface area contributed by atoms with Gasteiger partial charge in [-0.2, -0.15) is 0 Å². The maximum Gasteiger partial charge on any atom is 0.161 e. The molecule has 0 amide bonds. The van der Waals surface area contributed by atoms with Crippen molar-refractivity contribution in [2.45, 2.75) is 33.7 Å². The number of nitrogens with zero attached hydrogens (tertiary/aromatic N) is 3. The van der Waals surface area contributed by atoms with Gasteiger partial charge in [0.05, 0.1) is 6.04 Å². The number of fused-ring (bicyclic) bond motifs is 1. The molecular formula is C12H18N4. The zero-order chi connectivity index (χ0) is 11.9. The first-order valence-electron chi connectivity index (χ1n) is 5.46. The summed E-state index contributed by atoms with van der Waals surface area (Å²) in [4.78, 5) is 0. The molecule has 4 nitrogen and oxygen atoms in total. The Morgan fingerprint density at radius 1 is 1.31 bits per heavy atom. The molecule has 0 aromatic carbocycles. The fraction of sp³-hybridized carbons (Fsp3) is 0.500. The largest absolute Gasteiger partial charge is 0.321 e. The van der Waals surface area contributed by atoms with Gasteiger partial charge in [-0.05, 0) is 30.0 Å². The van der Waals surface area contributed by atoms with Crippen LogP contribution in [0.3, 0.4) is 0 Å². The summed E-state index contributed by atoms with van der Waals surface area (Å²) in [6, 6.07) is 3.92. The smallest absolute Gasteiger partial charge is 0.161 e. The highest BCUT2D eigenvalue weighted by molar-refractivity contribution is 5.41. The van der Waals surface area contributed by atoms with Crippen LogP contribution in [-0.2, 0) is 0 Å². The van der Waals surface area contributed by atoms with Crippen molar-refractivity contribution in [2.75, 3.05) is 0 Å². The van der Waals surface area contributed by atoms with Gasteiger partial charge in [-0.1, -0.05) is 20.8 Å². The standard InChI is InChI=1S/C12H18N4/c1-8-5-6-16-9(7-8)14-15-11(16)10(13)12(2,3)4/h5-7,10H,13H2,1-4H3. The summed E-state index contributed by atoms with van der Waals surface area (Å²) in [5.74, 6) is 0.822. The van der Waals surface area contributed by atoms with Crippen molar-refractivity contribution in [3.8, 4) is 0 Å². The summed E-state index contributed by atoms with van der Waals surface area (Å²) in [5, 5.41) is 8.34. The van der Waals surface area contributed by atoms with Crippen LogP contribution in [0.2, 0.25) is 0 Å². The second-order valence-electron chi connectivity index (χ2n) is 5.33. The van der Waals surface area contributed by atoms with Crippen LogP contribution in [0.1, 0.15) is 38.2 Å². The predicted octanol–water partition coefficient (Wildman–Crippen LogP) is 2.08. The predicted molar refractivity (Wildman–Crippen MR) is 64.1 cm³/mol. The van der Waals surface area contributed by atoms with Crippen molar-refractivity contribution < 1.29 is 0 Å². The Labute approximate surface area is 95.5 Å². The van der Waals surface area contributed by atoms with E-state index < -0.39 is 0 Å². The van der Waals surface area contributed by atoms with Gasteiger partial charge in [-0.3, -0.25) is 4.40 Å². The number of nitrogens with two attached hydrogens (primary N) is 1. The van der Waals surface area contributed by atoms with Crippen molar-refractivity contribution in [2.24, 2.45) is 11.1 Å². The van der Waals surface area contributed by atoms with E-state index >= 15 is 0 Å². The van der Waals surface area contributed by atoms with E-state index in [4.69, 9.17) is 5.73 Å². The SMILES string of the molecule is Cc1ccn2c(C(N)C(C)(C)C)nnc2c1. The van der Waals surface area contributed by atoms with Crippen molar-refractivity contribution in [1.82, 2.24) is 14.6 Å². The van der Waals surface area contributed by atoms with Crippen LogP contribution in [0.25, 0.3) is 5.65 Å². The van der Waals surface area contributed by atoms with Gasteiger partial charge in [-0.25, -0.2) is 0 Å². The zero-order valence-corrected chi connectivity index (χ0v) is 10.2. The Morgan fingerprint density at radius 2 is 2.00 bits per heavy atom. The van der Waals surface area contributed by atoms with Crippen molar-refractivity contribution >= 4 is 5.65 Å². The molecule has 2 aromatic rings. The van der Waals surface area contributed by atoms with E-state index in [1.54, 1.807) is 0 Å². The zero-order valence-electron chi connectivity index (χ0n) is 10.2. The van der Waals surface area contributed by atoms with Gasteiger partial charge in [0, 0.05) is 6.20 Å². The normalized spacial score (nSPS) is 14.3. The number of aromatic nitrogens is 3. The van der Waals surface area contributed by atoms with Gasteiger partial charge >= 0.3 is 0 Å². The van der Waals surface area contributed by atoms with Crippen LogP contribution < -0.4 is 5.73 Å². The molecule has 16 heavy (non-hydrogen) atoms. The van der Waals surface area contributed by atoms with E-state index in [0.29, 0.717) is 0 Å². The van der Waals surface area contributed by atoms with Gasteiger partial charge < -0.3 is 5.73 Å². The minimum atomic E-state index is -0.120. The molecule has 0 radical (unpaired) electrons. The quantitative estimate of drug-likeness (QED) is 0.797. The lowest BCUT2D eigenvalue weighted by Gasteiger charge is -2.25. The van der Waals surface area contributed by atoms with Gasteiger partial charge in [0.2, 0.25) is 0 Å². The number of aryl methyl sites for hydroxylation is 1. The molecule has 1 unspecified atom stereocenters. The fourth-order valence-corrected chi connectivity index (χ4v) is 1.61. The highest BCUT2D eigenvalue weighted by Gasteiger charge is 2.26. The van der Waals surface area contributed by atoms with Gasteiger partial charge in [0.15, 0.2) is 11.5 Å². The molecule has 0 saturated heterocycles. The maximum absolute atomic E-state index is 6.20. The number of hydrogen-bond donors (Lipinski definition) is 1. The van der Waals surface area contributed by atoms with Crippen LogP contribution in [0.5, 0.6) is 0 Å². The van der Waals surface area contributed by atoms with Crippen LogP contribution in [0, 0.1) is 12.3 Å². The molecule has 0 spiro atoms. The maximum atomic E-state index is 6.20. The molecule has 2 rings (SSSR count). The van der Waals surface area contributed by atoms with Crippen molar-refractivity contribution in [3.63, 3.8) is 0 Å². The highest BCUT2D eigenvalue weighted by Crippen LogP contribution is 2.29. The molecule has 2 aromatic heterocycles. The molecule has 0 bridgehead atoms. The van der Waals surface area contributed by atoms with Crippen molar-refractivity contribution in [3.05, 3.63) is 29.7 Å². The summed E-state index contributed by atoms with van der Waals surface area (Å²) in [6.07, 6.45) is 1.98. The minimum absolute atomic E-state index is 0.0200. The third-order valence-electron chi connectivity index (χ3n) is 2.80. The van der Waals surface area contributed by atoms with E-state index in [2.05, 4.69) is 31.0 Å². The number of pyridine rings is 1. The molecule has 2 heterocycles. The average Bonchev–Trinajstić information content (AvgIpc) is 2.57. The Morgan fingerprint density at radius 3 is 2.62 bits per heavy atom. The van der Waals surface area contributed by atoms with Gasteiger partial charge in [0.25, 0.3) is 0 Å². The van der Waals surface area contributed by atoms with Crippen LogP contribution >= 0.6 is 0 Å². The van der Waals surface area contributed by atoms with Crippen LogP contribution in [0.15, 0.2) is 18.3 Å². The van der Waals surface area contributed by atoms with E-state index in [1.807, 2.05) is 29.7 Å². The molecule has 2 N–H and O–H groups in total. The monoisotopic (exact) mass is 218 g/mol. The first-order valence-corrected chi connectivity index (χ1v) is 5.46. The lowest BCUT2D eigenvalue weighted by molar-refractivity contribution is 0.313. The molecule has 0 aliphatic carbocycles. The third kappa shape index (κ3) is 1.80. The topological polar surface area (TPSA) is 56.2 Å². The number of rotatable bonds is 1. The molecule has 86 valence electrons. The fourth-order valence-electron chi connectivity index (χ4n) is 1.61. The molecule has 1 atom stereocenters.